The van der Waals surface area contributed by atoms with Crippen LogP contribution in [0.2, 0.25) is 0 Å². The Hall–Kier alpha value is -1.35. The summed E-state index contributed by atoms with van der Waals surface area (Å²) in [5.74, 6) is 2.59. The molecule has 1 aromatic rings. The lowest BCUT2D eigenvalue weighted by Gasteiger charge is -2.24. The molecule has 3 unspecified atom stereocenters. The molecular formula is C17H24N2O. The van der Waals surface area contributed by atoms with Crippen LogP contribution in [0.4, 0.5) is 5.69 Å². The van der Waals surface area contributed by atoms with Crippen LogP contribution in [-0.4, -0.2) is 13.0 Å². The summed E-state index contributed by atoms with van der Waals surface area (Å²) in [6.07, 6.45) is 6.08. The molecule has 108 valence electrons. The number of fused-ring (bicyclic) bond motifs is 2. The molecule has 0 heterocycles. The lowest BCUT2D eigenvalue weighted by molar-refractivity contribution is -0.119. The molecule has 3 atom stereocenters. The molecule has 1 aromatic carbocycles. The molecule has 1 amide bonds. The highest BCUT2D eigenvalue weighted by atomic mass is 16.2. The first-order valence-electron chi connectivity index (χ1n) is 7.73. The van der Waals surface area contributed by atoms with Crippen LogP contribution in [0.5, 0.6) is 0 Å². The molecule has 2 bridgehead atoms. The largest absolute Gasteiger partial charge is 0.326 e. The Labute approximate surface area is 121 Å². The van der Waals surface area contributed by atoms with Gasteiger partial charge in [-0.05, 0) is 54.7 Å². The Morgan fingerprint density at radius 2 is 2.20 bits per heavy atom. The van der Waals surface area contributed by atoms with Gasteiger partial charge in [0.2, 0.25) is 5.91 Å². The molecule has 2 saturated carbocycles. The second-order valence-electron chi connectivity index (χ2n) is 6.47. The lowest BCUT2D eigenvalue weighted by atomic mass is 9.86. The Morgan fingerprint density at radius 1 is 1.35 bits per heavy atom. The van der Waals surface area contributed by atoms with Crippen LogP contribution in [0.15, 0.2) is 24.3 Å². The molecule has 0 aliphatic heterocycles. The van der Waals surface area contributed by atoms with Gasteiger partial charge in [-0.2, -0.15) is 0 Å². The maximum absolute atomic E-state index is 12.5. The van der Waals surface area contributed by atoms with Crippen molar-refractivity contribution in [2.75, 3.05) is 11.9 Å². The van der Waals surface area contributed by atoms with E-state index in [9.17, 15) is 4.79 Å². The van der Waals surface area contributed by atoms with E-state index in [0.29, 0.717) is 18.9 Å². The third-order valence-electron chi connectivity index (χ3n) is 5.23. The van der Waals surface area contributed by atoms with Gasteiger partial charge in [-0.1, -0.05) is 18.6 Å². The Bertz CT molecular complexity index is 500. The molecule has 3 nitrogen and oxygen atoms in total. The van der Waals surface area contributed by atoms with Gasteiger partial charge in [-0.15, -0.1) is 0 Å². The van der Waals surface area contributed by atoms with Crippen LogP contribution in [0.1, 0.15) is 37.7 Å². The smallest absolute Gasteiger partial charge is 0.227 e. The maximum Gasteiger partial charge on any atom is 0.227 e. The fraction of sp³-hybridized carbons (Fsp3) is 0.588. The molecule has 0 aromatic heterocycles. The molecule has 2 aliphatic carbocycles. The standard InChI is InChI=1S/C17H24N2O/c1-19(16-4-2-3-13(9-16)11-18)17(20)10-15-8-12-5-6-14(15)7-12/h2-4,9,12,14-15H,5-8,10-11,18H2,1H3. The monoisotopic (exact) mass is 272 g/mol. The number of amides is 1. The Morgan fingerprint density at radius 3 is 2.85 bits per heavy atom. The van der Waals surface area contributed by atoms with Crippen molar-refractivity contribution in [3.63, 3.8) is 0 Å². The van der Waals surface area contributed by atoms with Crippen molar-refractivity contribution in [3.8, 4) is 0 Å². The number of rotatable bonds is 4. The van der Waals surface area contributed by atoms with E-state index in [1.807, 2.05) is 31.3 Å². The molecule has 0 saturated heterocycles. The Balaban J connectivity index is 1.64. The number of benzene rings is 1. The summed E-state index contributed by atoms with van der Waals surface area (Å²) in [5.41, 5.74) is 7.70. The average Bonchev–Trinajstić information content (AvgIpc) is 3.09. The number of nitrogens with zero attached hydrogens (tertiary/aromatic N) is 1. The molecule has 2 fully saturated rings. The molecular weight excluding hydrogens is 248 g/mol. The van der Waals surface area contributed by atoms with Crippen molar-refractivity contribution in [2.45, 2.75) is 38.6 Å². The van der Waals surface area contributed by atoms with Crippen LogP contribution in [0, 0.1) is 17.8 Å². The Kier molecular flexibility index (Phi) is 3.79. The van der Waals surface area contributed by atoms with Crippen LogP contribution >= 0.6 is 0 Å². The van der Waals surface area contributed by atoms with Crippen molar-refractivity contribution < 1.29 is 4.79 Å². The summed E-state index contributed by atoms with van der Waals surface area (Å²) in [5, 5.41) is 0. The zero-order valence-corrected chi connectivity index (χ0v) is 12.2. The molecule has 0 spiro atoms. The average molecular weight is 272 g/mol. The summed E-state index contributed by atoms with van der Waals surface area (Å²) < 4.78 is 0. The van der Waals surface area contributed by atoms with Gasteiger partial charge in [0.25, 0.3) is 0 Å². The number of anilines is 1. The molecule has 2 aliphatic rings. The van der Waals surface area contributed by atoms with Crippen molar-refractivity contribution in [1.82, 2.24) is 0 Å². The molecule has 3 rings (SSSR count). The molecule has 3 heteroatoms. The SMILES string of the molecule is CN(C(=O)CC1CC2CCC1C2)c1cccc(CN)c1. The highest BCUT2D eigenvalue weighted by molar-refractivity contribution is 5.93. The second-order valence-corrected chi connectivity index (χ2v) is 6.47. The third kappa shape index (κ3) is 2.59. The van der Waals surface area contributed by atoms with E-state index in [-0.39, 0.29) is 5.91 Å². The van der Waals surface area contributed by atoms with Gasteiger partial charge in [-0.25, -0.2) is 0 Å². The van der Waals surface area contributed by atoms with Crippen molar-refractivity contribution >= 4 is 11.6 Å². The normalized spacial score (nSPS) is 27.8. The predicted octanol–water partition coefficient (Wildman–Crippen LogP) is 2.93. The van der Waals surface area contributed by atoms with Gasteiger partial charge in [0.1, 0.15) is 0 Å². The third-order valence-corrected chi connectivity index (χ3v) is 5.23. The van der Waals surface area contributed by atoms with E-state index in [1.54, 1.807) is 4.90 Å². The van der Waals surface area contributed by atoms with Crippen LogP contribution in [0.3, 0.4) is 0 Å². The van der Waals surface area contributed by atoms with Gasteiger partial charge in [-0.3, -0.25) is 4.79 Å². The minimum Gasteiger partial charge on any atom is -0.326 e. The van der Waals surface area contributed by atoms with Crippen LogP contribution in [0.25, 0.3) is 0 Å². The molecule has 20 heavy (non-hydrogen) atoms. The zero-order valence-electron chi connectivity index (χ0n) is 12.2. The van der Waals surface area contributed by atoms with Crippen molar-refractivity contribution in [2.24, 2.45) is 23.5 Å². The molecule has 2 N–H and O–H groups in total. The van der Waals surface area contributed by atoms with Gasteiger partial charge >= 0.3 is 0 Å². The van der Waals surface area contributed by atoms with Crippen LogP contribution in [-0.2, 0) is 11.3 Å². The maximum atomic E-state index is 12.5. The number of carbonyl (C=O) groups excluding carboxylic acids is 1. The first-order chi connectivity index (χ1) is 9.67. The highest BCUT2D eigenvalue weighted by Crippen LogP contribution is 2.49. The number of carbonyl (C=O) groups is 1. The van der Waals surface area contributed by atoms with Gasteiger partial charge in [0.15, 0.2) is 0 Å². The van der Waals surface area contributed by atoms with E-state index in [0.717, 1.165) is 23.1 Å². The fourth-order valence-corrected chi connectivity index (χ4v) is 4.02. The first-order valence-corrected chi connectivity index (χ1v) is 7.73. The van der Waals surface area contributed by atoms with E-state index in [1.165, 1.54) is 25.7 Å². The first kappa shape index (κ1) is 13.6. The van der Waals surface area contributed by atoms with Gasteiger partial charge in [0, 0.05) is 25.7 Å². The van der Waals surface area contributed by atoms with Crippen molar-refractivity contribution in [3.05, 3.63) is 29.8 Å². The van der Waals surface area contributed by atoms with Crippen molar-refractivity contribution in [1.29, 1.82) is 0 Å². The zero-order chi connectivity index (χ0) is 14.1. The second kappa shape index (κ2) is 5.57. The summed E-state index contributed by atoms with van der Waals surface area (Å²) in [6, 6.07) is 7.97. The number of hydrogen-bond acceptors (Lipinski definition) is 2. The summed E-state index contributed by atoms with van der Waals surface area (Å²) >= 11 is 0. The van der Waals surface area contributed by atoms with E-state index < -0.39 is 0 Å². The van der Waals surface area contributed by atoms with E-state index >= 15 is 0 Å². The quantitative estimate of drug-likeness (QED) is 0.916. The summed E-state index contributed by atoms with van der Waals surface area (Å²) in [4.78, 5) is 14.3. The van der Waals surface area contributed by atoms with Gasteiger partial charge < -0.3 is 10.6 Å². The van der Waals surface area contributed by atoms with E-state index in [4.69, 9.17) is 5.73 Å². The fourth-order valence-electron chi connectivity index (χ4n) is 4.02. The number of hydrogen-bond donors (Lipinski definition) is 1. The van der Waals surface area contributed by atoms with Crippen LogP contribution < -0.4 is 10.6 Å². The minimum atomic E-state index is 0.247. The molecule has 0 radical (unpaired) electrons. The summed E-state index contributed by atoms with van der Waals surface area (Å²) in [7, 11) is 1.88. The number of nitrogens with two attached hydrogens (primary N) is 1. The van der Waals surface area contributed by atoms with E-state index in [2.05, 4.69) is 0 Å². The highest BCUT2D eigenvalue weighted by Gasteiger charge is 2.40. The summed E-state index contributed by atoms with van der Waals surface area (Å²) in [6.45, 7) is 0.516. The predicted molar refractivity (Wildman–Crippen MR) is 81.3 cm³/mol. The van der Waals surface area contributed by atoms with Gasteiger partial charge in [0.05, 0.1) is 0 Å². The lowest BCUT2D eigenvalue weighted by Crippen LogP contribution is -2.29. The topological polar surface area (TPSA) is 46.3 Å². The minimum absolute atomic E-state index is 0.247.